The Bertz CT molecular complexity index is 429. The van der Waals surface area contributed by atoms with Gasteiger partial charge in [-0.25, -0.2) is 0 Å². The van der Waals surface area contributed by atoms with E-state index in [4.69, 9.17) is 10.5 Å². The van der Waals surface area contributed by atoms with Gasteiger partial charge in [0.05, 0.1) is 7.11 Å². The Hall–Kier alpha value is -1.06. The van der Waals surface area contributed by atoms with Gasteiger partial charge in [0.2, 0.25) is 0 Å². The van der Waals surface area contributed by atoms with E-state index in [1.165, 1.54) is 31.4 Å². The molecule has 1 aliphatic heterocycles. The van der Waals surface area contributed by atoms with Crippen LogP contribution in [0.4, 0.5) is 0 Å². The Morgan fingerprint density at radius 1 is 1.35 bits per heavy atom. The maximum atomic E-state index is 6.07. The van der Waals surface area contributed by atoms with Crippen molar-refractivity contribution in [3.63, 3.8) is 0 Å². The Labute approximate surface area is 123 Å². The highest BCUT2D eigenvalue weighted by Gasteiger charge is 2.37. The van der Waals surface area contributed by atoms with Crippen molar-refractivity contribution < 1.29 is 4.74 Å². The van der Waals surface area contributed by atoms with E-state index >= 15 is 0 Å². The van der Waals surface area contributed by atoms with Gasteiger partial charge in [0.1, 0.15) is 5.75 Å². The maximum absolute atomic E-state index is 6.07. The highest BCUT2D eigenvalue weighted by atomic mass is 16.5. The summed E-state index contributed by atoms with van der Waals surface area (Å²) < 4.78 is 5.34. The number of benzene rings is 1. The van der Waals surface area contributed by atoms with E-state index in [2.05, 4.69) is 36.9 Å². The summed E-state index contributed by atoms with van der Waals surface area (Å²) in [7, 11) is 1.71. The predicted molar refractivity (Wildman–Crippen MR) is 84.0 cm³/mol. The van der Waals surface area contributed by atoms with Crippen LogP contribution in [-0.4, -0.2) is 31.6 Å². The standard InChI is InChI=1S/C17H28N2O/c1-4-17(5-2)9-10-19(13-17)16(12-18)14-7-6-8-15(11-14)20-3/h6-8,11,16H,4-5,9-10,12-13,18H2,1-3H3. The molecule has 112 valence electrons. The molecule has 1 fully saturated rings. The minimum Gasteiger partial charge on any atom is -0.497 e. The van der Waals surface area contributed by atoms with Crippen LogP contribution in [0.15, 0.2) is 24.3 Å². The normalized spacial score (nSPS) is 20.0. The number of nitrogens with two attached hydrogens (primary N) is 1. The van der Waals surface area contributed by atoms with Crippen LogP contribution in [0.2, 0.25) is 0 Å². The minimum absolute atomic E-state index is 0.310. The molecule has 3 heteroatoms. The number of hydrogen-bond acceptors (Lipinski definition) is 3. The van der Waals surface area contributed by atoms with Crippen molar-refractivity contribution in [1.29, 1.82) is 0 Å². The molecule has 0 amide bonds. The van der Waals surface area contributed by atoms with Crippen LogP contribution in [0, 0.1) is 5.41 Å². The largest absolute Gasteiger partial charge is 0.497 e. The van der Waals surface area contributed by atoms with E-state index in [-0.39, 0.29) is 0 Å². The van der Waals surface area contributed by atoms with Crippen molar-refractivity contribution >= 4 is 0 Å². The van der Waals surface area contributed by atoms with Gasteiger partial charge in [-0.2, -0.15) is 0 Å². The Morgan fingerprint density at radius 2 is 2.10 bits per heavy atom. The molecule has 2 N–H and O–H groups in total. The fraction of sp³-hybridized carbons (Fsp3) is 0.647. The summed E-state index contributed by atoms with van der Waals surface area (Å²) in [5.41, 5.74) is 7.83. The summed E-state index contributed by atoms with van der Waals surface area (Å²) in [6, 6.07) is 8.64. The van der Waals surface area contributed by atoms with Gasteiger partial charge in [0.15, 0.2) is 0 Å². The van der Waals surface area contributed by atoms with Crippen LogP contribution >= 0.6 is 0 Å². The Kier molecular flexibility index (Phi) is 5.06. The molecule has 1 atom stereocenters. The molecule has 0 aromatic heterocycles. The van der Waals surface area contributed by atoms with Gasteiger partial charge < -0.3 is 10.5 Å². The van der Waals surface area contributed by atoms with E-state index in [9.17, 15) is 0 Å². The van der Waals surface area contributed by atoms with Gasteiger partial charge in [-0.3, -0.25) is 4.90 Å². The maximum Gasteiger partial charge on any atom is 0.119 e. The molecule has 0 radical (unpaired) electrons. The molecule has 1 saturated heterocycles. The summed E-state index contributed by atoms with van der Waals surface area (Å²) >= 11 is 0. The quantitative estimate of drug-likeness (QED) is 0.867. The average Bonchev–Trinajstić information content (AvgIpc) is 2.93. The molecule has 3 nitrogen and oxygen atoms in total. The lowest BCUT2D eigenvalue weighted by Gasteiger charge is -2.31. The SMILES string of the molecule is CCC1(CC)CCN(C(CN)c2cccc(OC)c2)C1. The summed E-state index contributed by atoms with van der Waals surface area (Å²) in [6.45, 7) is 7.61. The molecule has 0 spiro atoms. The first-order chi connectivity index (χ1) is 9.68. The highest BCUT2D eigenvalue weighted by molar-refractivity contribution is 5.31. The second-order valence-electron chi connectivity index (χ2n) is 5.96. The first-order valence-electron chi connectivity index (χ1n) is 7.76. The number of nitrogens with zero attached hydrogens (tertiary/aromatic N) is 1. The van der Waals surface area contributed by atoms with E-state index in [0.717, 1.165) is 12.3 Å². The van der Waals surface area contributed by atoms with Crippen LogP contribution in [0.25, 0.3) is 0 Å². The van der Waals surface area contributed by atoms with Crippen LogP contribution < -0.4 is 10.5 Å². The third-order valence-corrected chi connectivity index (χ3v) is 5.11. The first kappa shape index (κ1) is 15.3. The van der Waals surface area contributed by atoms with Crippen molar-refractivity contribution in [1.82, 2.24) is 4.90 Å². The summed E-state index contributed by atoms with van der Waals surface area (Å²) in [5.74, 6) is 0.914. The second-order valence-corrected chi connectivity index (χ2v) is 5.96. The minimum atomic E-state index is 0.310. The molecule has 1 heterocycles. The van der Waals surface area contributed by atoms with E-state index in [1.54, 1.807) is 7.11 Å². The van der Waals surface area contributed by atoms with Crippen LogP contribution in [0.5, 0.6) is 5.75 Å². The van der Waals surface area contributed by atoms with E-state index in [1.807, 2.05) is 6.07 Å². The van der Waals surface area contributed by atoms with Crippen molar-refractivity contribution in [3.05, 3.63) is 29.8 Å². The van der Waals surface area contributed by atoms with Gasteiger partial charge in [-0.1, -0.05) is 26.0 Å². The van der Waals surface area contributed by atoms with Crippen molar-refractivity contribution in [2.24, 2.45) is 11.1 Å². The molecule has 1 aliphatic rings. The molecule has 1 aromatic rings. The lowest BCUT2D eigenvalue weighted by Crippen LogP contribution is -2.34. The predicted octanol–water partition coefficient (Wildman–Crippen LogP) is 3.21. The van der Waals surface area contributed by atoms with Gasteiger partial charge in [0, 0.05) is 19.1 Å². The molecule has 1 aromatic carbocycles. The van der Waals surface area contributed by atoms with Gasteiger partial charge in [-0.15, -0.1) is 0 Å². The third-order valence-electron chi connectivity index (χ3n) is 5.11. The van der Waals surface area contributed by atoms with E-state index in [0.29, 0.717) is 18.0 Å². The van der Waals surface area contributed by atoms with Crippen molar-refractivity contribution in [3.8, 4) is 5.75 Å². The lowest BCUT2D eigenvalue weighted by atomic mass is 9.82. The summed E-state index contributed by atoms with van der Waals surface area (Å²) in [5, 5.41) is 0. The Morgan fingerprint density at radius 3 is 2.65 bits per heavy atom. The molecular weight excluding hydrogens is 248 g/mol. The summed E-state index contributed by atoms with van der Waals surface area (Å²) in [4.78, 5) is 2.56. The zero-order valence-electron chi connectivity index (χ0n) is 13.1. The van der Waals surface area contributed by atoms with Crippen LogP contribution in [-0.2, 0) is 0 Å². The van der Waals surface area contributed by atoms with Gasteiger partial charge >= 0.3 is 0 Å². The number of rotatable bonds is 6. The Balaban J connectivity index is 2.17. The lowest BCUT2D eigenvalue weighted by molar-refractivity contribution is 0.197. The highest BCUT2D eigenvalue weighted by Crippen LogP contribution is 2.40. The van der Waals surface area contributed by atoms with Crippen molar-refractivity contribution in [2.75, 3.05) is 26.7 Å². The zero-order chi connectivity index (χ0) is 14.6. The molecule has 2 rings (SSSR count). The van der Waals surface area contributed by atoms with Gasteiger partial charge in [0.25, 0.3) is 0 Å². The molecular formula is C17H28N2O. The average molecular weight is 276 g/mol. The van der Waals surface area contributed by atoms with Gasteiger partial charge in [-0.05, 0) is 48.9 Å². The zero-order valence-corrected chi connectivity index (χ0v) is 13.1. The van der Waals surface area contributed by atoms with Crippen molar-refractivity contribution in [2.45, 2.75) is 39.2 Å². The number of methoxy groups -OCH3 is 1. The second kappa shape index (κ2) is 6.59. The molecule has 0 aliphatic carbocycles. The molecule has 0 saturated carbocycles. The molecule has 0 bridgehead atoms. The van der Waals surface area contributed by atoms with E-state index < -0.39 is 0 Å². The number of likely N-dealkylation sites (tertiary alicyclic amines) is 1. The van der Waals surface area contributed by atoms with Crippen LogP contribution in [0.1, 0.15) is 44.7 Å². The fourth-order valence-electron chi connectivity index (χ4n) is 3.41. The molecule has 20 heavy (non-hydrogen) atoms. The molecule has 1 unspecified atom stereocenters. The summed E-state index contributed by atoms with van der Waals surface area (Å²) in [6.07, 6.45) is 3.81. The number of ether oxygens (including phenoxy) is 1. The topological polar surface area (TPSA) is 38.5 Å². The third kappa shape index (κ3) is 2.99. The number of hydrogen-bond donors (Lipinski definition) is 1. The first-order valence-corrected chi connectivity index (χ1v) is 7.76. The monoisotopic (exact) mass is 276 g/mol. The fourth-order valence-corrected chi connectivity index (χ4v) is 3.41. The smallest absolute Gasteiger partial charge is 0.119 e. The van der Waals surface area contributed by atoms with Crippen LogP contribution in [0.3, 0.4) is 0 Å².